The van der Waals surface area contributed by atoms with Crippen LogP contribution in [0.2, 0.25) is 0 Å². The maximum Gasteiger partial charge on any atom is 0.135 e. The van der Waals surface area contributed by atoms with E-state index in [2.05, 4.69) is 39.7 Å². The summed E-state index contributed by atoms with van der Waals surface area (Å²) >= 11 is 3.32. The minimum atomic E-state index is 0.863. The maximum atomic E-state index is 4.23. The number of pyridine rings is 1. The number of halogens is 1. The van der Waals surface area contributed by atoms with Crippen molar-refractivity contribution in [1.29, 1.82) is 0 Å². The fourth-order valence-electron chi connectivity index (χ4n) is 0.739. The van der Waals surface area contributed by atoms with Gasteiger partial charge in [-0.3, -0.25) is 0 Å². The Balaban J connectivity index is 3.08. The fraction of sp³-hybridized carbons (Fsp3) is 0.167. The molecule has 11 heavy (non-hydrogen) atoms. The number of anilines is 1. The Labute approximate surface area is 79.4 Å². The Morgan fingerprint density at radius 2 is 2.09 bits per heavy atom. The summed E-state index contributed by atoms with van der Waals surface area (Å²) in [4.78, 5) is 4.23. The van der Waals surface area contributed by atoms with Gasteiger partial charge in [0, 0.05) is 0 Å². The number of nitrogens with zero attached hydrogens (tertiary/aromatic N) is 2. The summed E-state index contributed by atoms with van der Waals surface area (Å²) < 4.78 is 2.68. The molecule has 2 unspecified atom stereocenters. The first-order valence-electron chi connectivity index (χ1n) is 3.03. The number of hydrogen-bond acceptors (Lipinski definition) is 2. The molecule has 0 radical (unpaired) electrons. The van der Waals surface area contributed by atoms with Crippen LogP contribution in [0.15, 0.2) is 16.7 Å². The van der Waals surface area contributed by atoms with Crippen LogP contribution in [0.5, 0.6) is 0 Å². The molecule has 5 heteroatoms. The van der Waals surface area contributed by atoms with Gasteiger partial charge in [-0.1, -0.05) is 0 Å². The van der Waals surface area contributed by atoms with Crippen molar-refractivity contribution in [2.75, 3.05) is 4.44 Å². The second-order valence-electron chi connectivity index (χ2n) is 2.23. The molecule has 0 fully saturated rings. The van der Waals surface area contributed by atoms with E-state index in [1.165, 1.54) is 5.56 Å². The minimum Gasteiger partial charge on any atom is -0.326 e. The lowest BCUT2D eigenvalue weighted by Crippen LogP contribution is -1.94. The molecule has 1 rings (SSSR count). The van der Waals surface area contributed by atoms with Crippen molar-refractivity contribution in [1.82, 2.24) is 4.98 Å². The molecule has 0 saturated heterocycles. The van der Waals surface area contributed by atoms with E-state index in [0.29, 0.717) is 0 Å². The van der Waals surface area contributed by atoms with E-state index < -0.39 is 0 Å². The van der Waals surface area contributed by atoms with E-state index in [0.717, 1.165) is 10.4 Å². The molecular formula is C6H9BrN2P2. The van der Waals surface area contributed by atoms with E-state index in [1.54, 1.807) is 0 Å². The number of rotatable bonds is 1. The zero-order valence-corrected chi connectivity index (χ0v) is 9.98. The van der Waals surface area contributed by atoms with Crippen molar-refractivity contribution in [2.24, 2.45) is 0 Å². The summed E-state index contributed by atoms with van der Waals surface area (Å²) in [6, 6.07) is 3.98. The molecule has 0 bridgehead atoms. The first kappa shape index (κ1) is 9.38. The quantitative estimate of drug-likeness (QED) is 0.563. The zero-order valence-electron chi connectivity index (χ0n) is 6.08. The molecule has 0 aliphatic heterocycles. The average molecular weight is 251 g/mol. The largest absolute Gasteiger partial charge is 0.326 e. The molecule has 0 aliphatic rings. The standard InChI is InChI=1S/C6H9BrN2P2/c1-4-2-5(7)8-6(3-4)9(10)11/h2-3H,10-11H2,1H3. The van der Waals surface area contributed by atoms with Crippen molar-refractivity contribution >= 4 is 40.5 Å². The third kappa shape index (κ3) is 2.66. The van der Waals surface area contributed by atoms with Gasteiger partial charge >= 0.3 is 0 Å². The van der Waals surface area contributed by atoms with E-state index in [9.17, 15) is 0 Å². The first-order chi connectivity index (χ1) is 5.09. The van der Waals surface area contributed by atoms with Crippen LogP contribution in [0.3, 0.4) is 0 Å². The summed E-state index contributed by atoms with van der Waals surface area (Å²) in [7, 11) is 5.06. The molecule has 2 nitrogen and oxygen atoms in total. The summed E-state index contributed by atoms with van der Waals surface area (Å²) in [5.41, 5.74) is 1.19. The van der Waals surface area contributed by atoms with Crippen molar-refractivity contribution < 1.29 is 0 Å². The summed E-state index contributed by atoms with van der Waals surface area (Å²) in [6.45, 7) is 2.04. The van der Waals surface area contributed by atoms with Gasteiger partial charge in [0.2, 0.25) is 0 Å². The van der Waals surface area contributed by atoms with Crippen molar-refractivity contribution in [3.63, 3.8) is 0 Å². The van der Waals surface area contributed by atoms with Crippen LogP contribution in [0.25, 0.3) is 0 Å². The molecule has 0 spiro atoms. The fourth-order valence-corrected chi connectivity index (χ4v) is 1.55. The Morgan fingerprint density at radius 1 is 1.45 bits per heavy atom. The Morgan fingerprint density at radius 3 is 2.55 bits per heavy atom. The van der Waals surface area contributed by atoms with Crippen LogP contribution >= 0.6 is 34.7 Å². The second-order valence-corrected chi connectivity index (χ2v) is 4.75. The molecule has 0 amide bonds. The van der Waals surface area contributed by atoms with E-state index in [4.69, 9.17) is 0 Å². The monoisotopic (exact) mass is 250 g/mol. The lowest BCUT2D eigenvalue weighted by atomic mass is 10.3. The van der Waals surface area contributed by atoms with E-state index in [-0.39, 0.29) is 0 Å². The molecule has 0 aliphatic carbocycles. The van der Waals surface area contributed by atoms with Gasteiger partial charge in [-0.05, 0) is 59.3 Å². The van der Waals surface area contributed by atoms with Crippen LogP contribution in [0.1, 0.15) is 5.56 Å². The molecule has 0 aromatic carbocycles. The predicted octanol–water partition coefficient (Wildman–Crippen LogP) is 2.54. The van der Waals surface area contributed by atoms with Gasteiger partial charge in [0.25, 0.3) is 0 Å². The maximum absolute atomic E-state index is 4.23. The van der Waals surface area contributed by atoms with Crippen LogP contribution in [-0.4, -0.2) is 4.98 Å². The third-order valence-corrected chi connectivity index (χ3v) is 2.12. The smallest absolute Gasteiger partial charge is 0.135 e. The normalized spacial score (nSPS) is 9.82. The average Bonchev–Trinajstić information content (AvgIpc) is 1.85. The van der Waals surface area contributed by atoms with E-state index in [1.807, 2.05) is 23.5 Å². The Hall–Kier alpha value is 0.290. The molecule has 1 heterocycles. The Bertz CT molecular complexity index is 245. The highest BCUT2D eigenvalue weighted by Gasteiger charge is 1.98. The molecule has 60 valence electrons. The third-order valence-electron chi connectivity index (χ3n) is 1.19. The van der Waals surface area contributed by atoms with Gasteiger partial charge in [0.05, 0.1) is 0 Å². The highest BCUT2D eigenvalue weighted by molar-refractivity contribution is 9.10. The topological polar surface area (TPSA) is 16.1 Å². The van der Waals surface area contributed by atoms with Gasteiger partial charge in [-0.2, -0.15) is 0 Å². The van der Waals surface area contributed by atoms with Gasteiger partial charge in [-0.15, -0.1) is 0 Å². The SMILES string of the molecule is Cc1cc(Br)nc(N(P)P)c1. The van der Waals surface area contributed by atoms with Crippen molar-refractivity contribution in [3.8, 4) is 0 Å². The van der Waals surface area contributed by atoms with Crippen molar-refractivity contribution in [2.45, 2.75) is 6.92 Å². The number of hydrogen-bond donors (Lipinski definition) is 0. The molecule has 1 aromatic rings. The van der Waals surface area contributed by atoms with Crippen LogP contribution in [0, 0.1) is 6.92 Å². The van der Waals surface area contributed by atoms with Gasteiger partial charge in [0.1, 0.15) is 10.4 Å². The van der Waals surface area contributed by atoms with Crippen LogP contribution < -0.4 is 4.44 Å². The number of aryl methyl sites for hydroxylation is 1. The lowest BCUT2D eigenvalue weighted by Gasteiger charge is -2.10. The Kier molecular flexibility index (Phi) is 3.24. The number of aromatic nitrogens is 1. The second kappa shape index (κ2) is 3.80. The van der Waals surface area contributed by atoms with Gasteiger partial charge < -0.3 is 4.44 Å². The highest BCUT2D eigenvalue weighted by atomic mass is 79.9. The van der Waals surface area contributed by atoms with Gasteiger partial charge in [-0.25, -0.2) is 4.98 Å². The molecule has 2 atom stereocenters. The van der Waals surface area contributed by atoms with Crippen LogP contribution in [-0.2, 0) is 0 Å². The highest BCUT2D eigenvalue weighted by Crippen LogP contribution is 2.23. The van der Waals surface area contributed by atoms with E-state index >= 15 is 0 Å². The first-order valence-corrected chi connectivity index (χ1v) is 4.86. The van der Waals surface area contributed by atoms with Crippen LogP contribution in [0.4, 0.5) is 5.82 Å². The predicted molar refractivity (Wildman–Crippen MR) is 58.6 cm³/mol. The molecule has 1 aromatic heterocycles. The van der Waals surface area contributed by atoms with Crippen molar-refractivity contribution in [3.05, 3.63) is 22.3 Å². The lowest BCUT2D eigenvalue weighted by molar-refractivity contribution is 1.23. The zero-order chi connectivity index (χ0) is 8.43. The van der Waals surface area contributed by atoms with Gasteiger partial charge in [0.15, 0.2) is 0 Å². The minimum absolute atomic E-state index is 0.863. The summed E-state index contributed by atoms with van der Waals surface area (Å²) in [5, 5.41) is 0. The molecular weight excluding hydrogens is 242 g/mol. The summed E-state index contributed by atoms with van der Waals surface area (Å²) in [6.07, 6.45) is 0. The molecule has 0 saturated carbocycles. The molecule has 0 N–H and O–H groups in total. The summed E-state index contributed by atoms with van der Waals surface area (Å²) in [5.74, 6) is 0.909.